The van der Waals surface area contributed by atoms with Crippen LogP contribution >= 0.6 is 0 Å². The van der Waals surface area contributed by atoms with Crippen LogP contribution in [0.4, 0.5) is 0 Å². The second-order valence-electron chi connectivity index (χ2n) is 7.37. The van der Waals surface area contributed by atoms with Crippen LogP contribution in [0.15, 0.2) is 60.7 Å². The molecule has 3 rings (SSSR count). The Morgan fingerprint density at radius 2 is 1.64 bits per heavy atom. The van der Waals surface area contributed by atoms with E-state index in [0.29, 0.717) is 5.92 Å². The molecule has 0 saturated heterocycles. The molecule has 0 radical (unpaired) electrons. The van der Waals surface area contributed by atoms with E-state index in [-0.39, 0.29) is 5.41 Å². The van der Waals surface area contributed by atoms with Crippen LogP contribution in [0.5, 0.6) is 0 Å². The molecule has 0 unspecified atom stereocenters. The Hall–Kier alpha value is -2.11. The molecule has 2 aromatic rings. The minimum absolute atomic E-state index is 0.276. The lowest BCUT2D eigenvalue weighted by Gasteiger charge is -2.28. The molecule has 0 amide bonds. The number of hydrogen-bond donors (Lipinski definition) is 0. The van der Waals surface area contributed by atoms with Gasteiger partial charge in [-0.25, -0.2) is 0 Å². The highest BCUT2D eigenvalue weighted by molar-refractivity contribution is 5.35. The van der Waals surface area contributed by atoms with E-state index in [1.165, 1.54) is 24.0 Å². The Morgan fingerprint density at radius 1 is 1.00 bits per heavy atom. The molecular weight excluding hydrogens is 304 g/mol. The molecule has 0 aliphatic heterocycles. The number of nitrogens with zero attached hydrogens (tertiary/aromatic N) is 2. The van der Waals surface area contributed by atoms with E-state index in [2.05, 4.69) is 72.6 Å². The Balaban J connectivity index is 1.53. The van der Waals surface area contributed by atoms with Crippen molar-refractivity contribution in [2.45, 2.75) is 37.5 Å². The highest BCUT2D eigenvalue weighted by atomic mass is 15.1. The summed E-state index contributed by atoms with van der Waals surface area (Å²) in [5.74, 6) is 0.550. The number of rotatable bonds is 9. The standard InChI is InChI=1S/C23H28N2/c1-25(18-15-20-9-4-2-5-10-20)17-8-16-23(19-24,22-13-14-22)21-11-6-3-7-12-21/h2-7,9-12,22H,8,13-18H2,1H3/t23-/m0/s1. The summed E-state index contributed by atoms with van der Waals surface area (Å²) in [6, 6.07) is 23.8. The van der Waals surface area contributed by atoms with Crippen LogP contribution in [-0.2, 0) is 11.8 Å². The molecule has 1 fully saturated rings. The molecule has 0 N–H and O–H groups in total. The van der Waals surface area contributed by atoms with Crippen molar-refractivity contribution >= 4 is 0 Å². The number of likely N-dealkylation sites (N-methyl/N-ethyl adjacent to an activating group) is 1. The van der Waals surface area contributed by atoms with E-state index in [9.17, 15) is 5.26 Å². The third-order valence-electron chi connectivity index (χ3n) is 5.50. The maximum Gasteiger partial charge on any atom is 0.0850 e. The van der Waals surface area contributed by atoms with Crippen molar-refractivity contribution in [3.8, 4) is 6.07 Å². The number of hydrogen-bond acceptors (Lipinski definition) is 2. The van der Waals surface area contributed by atoms with Gasteiger partial charge in [0.25, 0.3) is 0 Å². The molecule has 1 aliphatic rings. The van der Waals surface area contributed by atoms with Crippen LogP contribution in [0, 0.1) is 17.2 Å². The van der Waals surface area contributed by atoms with Crippen LogP contribution in [0.25, 0.3) is 0 Å². The van der Waals surface area contributed by atoms with Crippen LogP contribution in [0.1, 0.15) is 36.8 Å². The summed E-state index contributed by atoms with van der Waals surface area (Å²) in [5, 5.41) is 9.99. The minimum atomic E-state index is -0.276. The summed E-state index contributed by atoms with van der Waals surface area (Å²) in [7, 11) is 2.19. The Bertz CT molecular complexity index is 685. The summed E-state index contributed by atoms with van der Waals surface area (Å²) in [4.78, 5) is 2.40. The van der Waals surface area contributed by atoms with Gasteiger partial charge in [-0.15, -0.1) is 0 Å². The summed E-state index contributed by atoms with van der Waals surface area (Å²) < 4.78 is 0. The topological polar surface area (TPSA) is 27.0 Å². The van der Waals surface area contributed by atoms with Crippen molar-refractivity contribution in [1.29, 1.82) is 5.26 Å². The highest BCUT2D eigenvalue weighted by Gasteiger charge is 2.46. The average Bonchev–Trinajstić information content (AvgIpc) is 3.51. The zero-order valence-corrected chi connectivity index (χ0v) is 15.2. The average molecular weight is 332 g/mol. The molecule has 2 nitrogen and oxygen atoms in total. The third kappa shape index (κ3) is 4.50. The van der Waals surface area contributed by atoms with Crippen LogP contribution in [0.2, 0.25) is 0 Å². The molecule has 130 valence electrons. The lowest BCUT2D eigenvalue weighted by molar-refractivity contribution is 0.308. The van der Waals surface area contributed by atoms with Crippen LogP contribution < -0.4 is 0 Å². The molecule has 1 saturated carbocycles. The van der Waals surface area contributed by atoms with Gasteiger partial charge in [0.2, 0.25) is 0 Å². The predicted octanol–water partition coefficient (Wildman–Crippen LogP) is 4.81. The summed E-state index contributed by atoms with van der Waals surface area (Å²) in [6.45, 7) is 2.12. The molecule has 0 spiro atoms. The molecule has 1 atom stereocenters. The van der Waals surface area contributed by atoms with Gasteiger partial charge in [-0.1, -0.05) is 60.7 Å². The maximum atomic E-state index is 9.99. The minimum Gasteiger partial charge on any atom is -0.306 e. The van der Waals surface area contributed by atoms with Crippen LogP contribution in [0.3, 0.4) is 0 Å². The van der Waals surface area contributed by atoms with E-state index >= 15 is 0 Å². The van der Waals surface area contributed by atoms with Gasteiger partial charge in [0.15, 0.2) is 0 Å². The zero-order chi connectivity index (χ0) is 17.5. The van der Waals surface area contributed by atoms with E-state index in [4.69, 9.17) is 0 Å². The van der Waals surface area contributed by atoms with E-state index < -0.39 is 0 Å². The second-order valence-corrected chi connectivity index (χ2v) is 7.37. The lowest BCUT2D eigenvalue weighted by atomic mass is 9.74. The quantitative estimate of drug-likeness (QED) is 0.659. The first-order chi connectivity index (χ1) is 12.2. The first-order valence-corrected chi connectivity index (χ1v) is 9.44. The lowest BCUT2D eigenvalue weighted by Crippen LogP contribution is -2.29. The van der Waals surface area contributed by atoms with Crippen molar-refractivity contribution in [2.75, 3.05) is 20.1 Å². The first-order valence-electron chi connectivity index (χ1n) is 9.44. The third-order valence-corrected chi connectivity index (χ3v) is 5.50. The van der Waals surface area contributed by atoms with E-state index in [0.717, 1.165) is 32.4 Å². The molecule has 0 aromatic heterocycles. The zero-order valence-electron chi connectivity index (χ0n) is 15.2. The Morgan fingerprint density at radius 3 is 2.24 bits per heavy atom. The first kappa shape index (κ1) is 17.7. The Kier molecular flexibility index (Phi) is 5.89. The van der Waals surface area contributed by atoms with Crippen molar-refractivity contribution in [3.63, 3.8) is 0 Å². The van der Waals surface area contributed by atoms with Gasteiger partial charge in [-0.3, -0.25) is 0 Å². The fourth-order valence-corrected chi connectivity index (χ4v) is 3.81. The van der Waals surface area contributed by atoms with Crippen molar-refractivity contribution in [3.05, 3.63) is 71.8 Å². The molecule has 0 heterocycles. The predicted molar refractivity (Wildman–Crippen MR) is 103 cm³/mol. The van der Waals surface area contributed by atoms with Gasteiger partial charge in [0.05, 0.1) is 11.5 Å². The summed E-state index contributed by atoms with van der Waals surface area (Å²) >= 11 is 0. The molecular formula is C23H28N2. The highest BCUT2D eigenvalue weighted by Crippen LogP contribution is 2.49. The molecule has 1 aliphatic carbocycles. The second kappa shape index (κ2) is 8.32. The number of benzene rings is 2. The monoisotopic (exact) mass is 332 g/mol. The van der Waals surface area contributed by atoms with Gasteiger partial charge >= 0.3 is 0 Å². The smallest absolute Gasteiger partial charge is 0.0850 e. The van der Waals surface area contributed by atoms with Crippen molar-refractivity contribution in [1.82, 2.24) is 4.90 Å². The molecule has 2 aromatic carbocycles. The maximum absolute atomic E-state index is 9.99. The van der Waals surface area contributed by atoms with E-state index in [1.807, 2.05) is 6.07 Å². The summed E-state index contributed by atoms with van der Waals surface area (Å²) in [5.41, 5.74) is 2.33. The van der Waals surface area contributed by atoms with Crippen molar-refractivity contribution in [2.24, 2.45) is 5.92 Å². The van der Waals surface area contributed by atoms with Gasteiger partial charge < -0.3 is 4.90 Å². The normalized spacial score (nSPS) is 16.4. The SMILES string of the molecule is CN(CCC[C@](C#N)(c1ccccc1)C1CC1)CCc1ccccc1. The van der Waals surface area contributed by atoms with E-state index in [1.54, 1.807) is 0 Å². The van der Waals surface area contributed by atoms with Crippen LogP contribution in [-0.4, -0.2) is 25.0 Å². The number of nitriles is 1. The largest absolute Gasteiger partial charge is 0.306 e. The molecule has 25 heavy (non-hydrogen) atoms. The fraction of sp³-hybridized carbons (Fsp3) is 0.435. The summed E-state index contributed by atoms with van der Waals surface area (Å²) in [6.07, 6.45) is 5.53. The van der Waals surface area contributed by atoms with Gasteiger partial charge in [0.1, 0.15) is 0 Å². The van der Waals surface area contributed by atoms with Crippen molar-refractivity contribution < 1.29 is 0 Å². The van der Waals surface area contributed by atoms with Gasteiger partial charge in [-0.2, -0.15) is 5.26 Å². The Labute approximate surface area is 152 Å². The van der Waals surface area contributed by atoms with Gasteiger partial charge in [0, 0.05) is 6.54 Å². The molecule has 2 heteroatoms. The molecule has 0 bridgehead atoms. The van der Waals surface area contributed by atoms with Gasteiger partial charge in [-0.05, 0) is 62.7 Å². The fourth-order valence-electron chi connectivity index (χ4n) is 3.81.